The Balaban J connectivity index is 1.93. The highest BCUT2D eigenvalue weighted by Crippen LogP contribution is 2.16. The van der Waals surface area contributed by atoms with E-state index in [-0.39, 0.29) is 0 Å². The number of halogens is 1. The van der Waals surface area contributed by atoms with Gasteiger partial charge in [-0.15, -0.1) is 0 Å². The third kappa shape index (κ3) is 4.41. The summed E-state index contributed by atoms with van der Waals surface area (Å²) in [5, 5.41) is 13.8. The van der Waals surface area contributed by atoms with Crippen molar-refractivity contribution in [2.45, 2.75) is 6.10 Å². The van der Waals surface area contributed by atoms with Crippen LogP contribution in [0.3, 0.4) is 0 Å². The lowest BCUT2D eigenvalue weighted by atomic mass is 10.1. The van der Waals surface area contributed by atoms with E-state index in [9.17, 15) is 9.90 Å². The number of aliphatic hydroxyl groups is 1. The van der Waals surface area contributed by atoms with Gasteiger partial charge in [0, 0.05) is 4.47 Å². The van der Waals surface area contributed by atoms with E-state index in [4.69, 9.17) is 4.74 Å². The molecule has 0 unspecified atom stereocenters. The molecular formula is C16H15BrN2O3. The summed E-state index contributed by atoms with van der Waals surface area (Å²) in [6.07, 6.45) is 0.229. The van der Waals surface area contributed by atoms with Gasteiger partial charge in [-0.05, 0) is 47.5 Å². The highest BCUT2D eigenvalue weighted by atomic mass is 79.9. The van der Waals surface area contributed by atoms with Crippen LogP contribution in [-0.2, 0) is 4.79 Å². The van der Waals surface area contributed by atoms with Crippen LogP contribution >= 0.6 is 15.9 Å². The summed E-state index contributed by atoms with van der Waals surface area (Å²) in [6, 6.07) is 14.0. The zero-order valence-corrected chi connectivity index (χ0v) is 13.4. The molecule has 2 N–H and O–H groups in total. The van der Waals surface area contributed by atoms with Gasteiger partial charge in [0.2, 0.25) is 0 Å². The SMILES string of the molecule is COc1ccc(C=NNC(=O)[C@H](O)c2ccc(Br)cc2)cc1. The normalized spacial score (nSPS) is 12.1. The molecule has 22 heavy (non-hydrogen) atoms. The zero-order chi connectivity index (χ0) is 15.9. The molecule has 1 atom stereocenters. The molecule has 1 amide bonds. The van der Waals surface area contributed by atoms with Crippen LogP contribution < -0.4 is 10.2 Å². The van der Waals surface area contributed by atoms with E-state index in [1.807, 2.05) is 0 Å². The second-order valence-corrected chi connectivity index (χ2v) is 5.38. The van der Waals surface area contributed by atoms with Crippen LogP contribution in [0.5, 0.6) is 5.75 Å². The van der Waals surface area contributed by atoms with Crippen molar-refractivity contribution in [3.05, 3.63) is 64.1 Å². The Morgan fingerprint density at radius 2 is 1.86 bits per heavy atom. The fourth-order valence-electron chi connectivity index (χ4n) is 1.72. The molecule has 0 saturated heterocycles. The lowest BCUT2D eigenvalue weighted by molar-refractivity contribution is -0.129. The number of nitrogens with one attached hydrogen (secondary N) is 1. The van der Waals surface area contributed by atoms with Crippen molar-refractivity contribution in [1.29, 1.82) is 0 Å². The maximum atomic E-state index is 11.8. The second kappa shape index (κ2) is 7.72. The number of benzene rings is 2. The Kier molecular flexibility index (Phi) is 5.68. The number of aliphatic hydroxyl groups excluding tert-OH is 1. The molecule has 0 aliphatic carbocycles. The Morgan fingerprint density at radius 1 is 1.23 bits per heavy atom. The van der Waals surface area contributed by atoms with E-state index < -0.39 is 12.0 Å². The van der Waals surface area contributed by atoms with Crippen LogP contribution in [0.2, 0.25) is 0 Å². The predicted molar refractivity (Wildman–Crippen MR) is 87.8 cm³/mol. The minimum atomic E-state index is -1.26. The highest BCUT2D eigenvalue weighted by Gasteiger charge is 2.16. The number of rotatable bonds is 5. The molecular weight excluding hydrogens is 348 g/mol. The number of hydrogen-bond donors (Lipinski definition) is 2. The fourth-order valence-corrected chi connectivity index (χ4v) is 1.98. The zero-order valence-electron chi connectivity index (χ0n) is 11.9. The smallest absolute Gasteiger partial charge is 0.273 e. The van der Waals surface area contributed by atoms with Crippen LogP contribution in [-0.4, -0.2) is 24.3 Å². The summed E-state index contributed by atoms with van der Waals surface area (Å²) in [5.41, 5.74) is 3.62. The van der Waals surface area contributed by atoms with Crippen LogP contribution in [0, 0.1) is 0 Å². The molecule has 114 valence electrons. The largest absolute Gasteiger partial charge is 0.497 e. The Labute approximate surface area is 136 Å². The van der Waals surface area contributed by atoms with Crippen LogP contribution in [0.25, 0.3) is 0 Å². The van der Waals surface area contributed by atoms with Crippen molar-refractivity contribution in [2.75, 3.05) is 7.11 Å². The summed E-state index contributed by atoms with van der Waals surface area (Å²) in [5.74, 6) is 0.152. The van der Waals surface area contributed by atoms with E-state index >= 15 is 0 Å². The number of nitrogens with zero attached hydrogens (tertiary/aromatic N) is 1. The van der Waals surface area contributed by atoms with Crippen molar-refractivity contribution in [3.8, 4) is 5.75 Å². The molecule has 2 aromatic rings. The van der Waals surface area contributed by atoms with Crippen molar-refractivity contribution in [3.63, 3.8) is 0 Å². The summed E-state index contributed by atoms with van der Waals surface area (Å²) in [6.45, 7) is 0. The van der Waals surface area contributed by atoms with E-state index in [1.165, 1.54) is 6.21 Å². The number of amides is 1. The molecule has 2 aromatic carbocycles. The molecule has 5 nitrogen and oxygen atoms in total. The number of hydrogen-bond acceptors (Lipinski definition) is 4. The first kappa shape index (κ1) is 16.2. The van der Waals surface area contributed by atoms with Crippen molar-refractivity contribution >= 4 is 28.1 Å². The minimum absolute atomic E-state index is 0.500. The molecule has 0 bridgehead atoms. The number of carbonyl (C=O) groups is 1. The average molecular weight is 363 g/mol. The van der Waals surface area contributed by atoms with Gasteiger partial charge in [0.1, 0.15) is 5.75 Å². The Morgan fingerprint density at radius 3 is 2.45 bits per heavy atom. The van der Waals surface area contributed by atoms with Crippen molar-refractivity contribution in [2.24, 2.45) is 5.10 Å². The lowest BCUT2D eigenvalue weighted by Gasteiger charge is -2.08. The second-order valence-electron chi connectivity index (χ2n) is 4.46. The van der Waals surface area contributed by atoms with Gasteiger partial charge >= 0.3 is 0 Å². The molecule has 0 aliphatic heterocycles. The predicted octanol–water partition coefficient (Wildman–Crippen LogP) is 2.64. The number of methoxy groups -OCH3 is 1. The first-order valence-electron chi connectivity index (χ1n) is 6.50. The first-order valence-corrected chi connectivity index (χ1v) is 7.30. The Bertz CT molecular complexity index is 654. The summed E-state index contributed by atoms with van der Waals surface area (Å²) in [4.78, 5) is 11.8. The number of hydrazone groups is 1. The molecule has 0 spiro atoms. The third-order valence-electron chi connectivity index (χ3n) is 2.94. The maximum absolute atomic E-state index is 11.8. The van der Waals surface area contributed by atoms with Gasteiger partial charge in [0.15, 0.2) is 6.10 Å². The van der Waals surface area contributed by atoms with Gasteiger partial charge in [0.05, 0.1) is 13.3 Å². The van der Waals surface area contributed by atoms with Gasteiger partial charge in [-0.25, -0.2) is 5.43 Å². The van der Waals surface area contributed by atoms with Gasteiger partial charge in [-0.2, -0.15) is 5.10 Å². The van der Waals surface area contributed by atoms with Gasteiger partial charge in [-0.3, -0.25) is 4.79 Å². The molecule has 0 fully saturated rings. The van der Waals surface area contributed by atoms with E-state index in [1.54, 1.807) is 55.6 Å². The van der Waals surface area contributed by atoms with Crippen LogP contribution in [0.1, 0.15) is 17.2 Å². The third-order valence-corrected chi connectivity index (χ3v) is 3.47. The average Bonchev–Trinajstić information content (AvgIpc) is 2.55. The number of ether oxygens (including phenoxy) is 1. The summed E-state index contributed by atoms with van der Waals surface area (Å²) < 4.78 is 5.93. The molecule has 0 saturated carbocycles. The molecule has 2 rings (SSSR count). The van der Waals surface area contributed by atoms with E-state index in [2.05, 4.69) is 26.5 Å². The topological polar surface area (TPSA) is 70.9 Å². The van der Waals surface area contributed by atoms with Crippen molar-refractivity contribution < 1.29 is 14.6 Å². The van der Waals surface area contributed by atoms with E-state index in [0.29, 0.717) is 5.56 Å². The van der Waals surface area contributed by atoms with Crippen LogP contribution in [0.4, 0.5) is 0 Å². The monoisotopic (exact) mass is 362 g/mol. The molecule has 6 heteroatoms. The van der Waals surface area contributed by atoms with Crippen molar-refractivity contribution in [1.82, 2.24) is 5.43 Å². The van der Waals surface area contributed by atoms with Crippen LogP contribution in [0.15, 0.2) is 58.1 Å². The molecule has 0 aromatic heterocycles. The molecule has 0 heterocycles. The minimum Gasteiger partial charge on any atom is -0.497 e. The lowest BCUT2D eigenvalue weighted by Crippen LogP contribution is -2.25. The standard InChI is InChI=1S/C16H15BrN2O3/c1-22-14-8-2-11(3-9-14)10-18-19-16(21)15(20)12-4-6-13(17)7-5-12/h2-10,15,20H,1H3,(H,19,21)/t15-/m1/s1. The van der Waals surface area contributed by atoms with Gasteiger partial charge in [0.25, 0.3) is 5.91 Å². The Hall–Kier alpha value is -2.18. The highest BCUT2D eigenvalue weighted by molar-refractivity contribution is 9.10. The quantitative estimate of drug-likeness (QED) is 0.634. The molecule has 0 aliphatic rings. The number of carbonyl (C=O) groups excluding carboxylic acids is 1. The molecule has 0 radical (unpaired) electrons. The first-order chi connectivity index (χ1) is 10.6. The van der Waals surface area contributed by atoms with Gasteiger partial charge in [-0.1, -0.05) is 28.1 Å². The fraction of sp³-hybridized carbons (Fsp3) is 0.125. The maximum Gasteiger partial charge on any atom is 0.273 e. The summed E-state index contributed by atoms with van der Waals surface area (Å²) in [7, 11) is 1.59. The van der Waals surface area contributed by atoms with E-state index in [0.717, 1.165) is 15.8 Å². The van der Waals surface area contributed by atoms with Gasteiger partial charge < -0.3 is 9.84 Å². The summed E-state index contributed by atoms with van der Waals surface area (Å²) >= 11 is 3.30.